The molecule has 0 saturated heterocycles. The van der Waals surface area contributed by atoms with Crippen LogP contribution in [0.4, 0.5) is 26.3 Å². The molecule has 0 spiro atoms. The summed E-state index contributed by atoms with van der Waals surface area (Å²) in [5, 5.41) is 16.5. The molecule has 2 unspecified atom stereocenters. The van der Waals surface area contributed by atoms with E-state index in [0.29, 0.717) is 86.0 Å². The number of phenols is 1. The van der Waals surface area contributed by atoms with Gasteiger partial charge in [0.15, 0.2) is 28.7 Å². The van der Waals surface area contributed by atoms with Crippen LogP contribution >= 0.6 is 15.9 Å². The lowest BCUT2D eigenvalue weighted by Crippen LogP contribution is -2.29. The van der Waals surface area contributed by atoms with Crippen LogP contribution in [0.2, 0.25) is 0 Å². The van der Waals surface area contributed by atoms with E-state index in [9.17, 15) is 41.0 Å². The number of carbonyl (C=O) groups is 2. The van der Waals surface area contributed by atoms with E-state index in [0.717, 1.165) is 12.8 Å². The van der Waals surface area contributed by atoms with Gasteiger partial charge >= 0.3 is 24.3 Å². The highest BCUT2D eigenvalue weighted by Gasteiger charge is 2.39. The summed E-state index contributed by atoms with van der Waals surface area (Å²) in [5.74, 6) is -0.226. The minimum Gasteiger partial charge on any atom is -0.507 e. The SMILES string of the molecule is CCCc1cc2c(C(F)(F)F)noc2c(CCC)c1O.CCCc1cc2c(C(F)(F)F)noc2c(CCC)c1OC(CC)C(=O)OCC.CCOC(=O)C(Br)CC. The predicted octanol–water partition coefficient (Wildman–Crippen LogP) is 11.7. The van der Waals surface area contributed by atoms with Gasteiger partial charge in [-0.2, -0.15) is 26.3 Å². The van der Waals surface area contributed by atoms with Gasteiger partial charge in [0.05, 0.1) is 24.0 Å². The molecule has 2 heterocycles. The van der Waals surface area contributed by atoms with E-state index in [4.69, 9.17) is 23.3 Å². The number of esters is 2. The number of hydrogen-bond donors (Lipinski definition) is 1. The maximum Gasteiger partial charge on any atom is 0.437 e. The fourth-order valence-corrected chi connectivity index (χ4v) is 6.01. The summed E-state index contributed by atoms with van der Waals surface area (Å²) < 4.78 is 104. The Morgan fingerprint density at radius 1 is 0.684 bits per heavy atom. The maximum absolute atomic E-state index is 13.3. The number of aromatic nitrogens is 2. The number of halogens is 7. The Hall–Kier alpha value is -4.02. The Kier molecular flexibility index (Phi) is 19.6. The van der Waals surface area contributed by atoms with Gasteiger partial charge in [-0.1, -0.05) is 93.5 Å². The van der Waals surface area contributed by atoms with Crippen LogP contribution in [0.15, 0.2) is 21.2 Å². The average Bonchev–Trinajstić information content (AvgIpc) is 3.79. The van der Waals surface area contributed by atoms with Gasteiger partial charge in [-0.05, 0) is 75.6 Å². The van der Waals surface area contributed by atoms with Crippen LogP contribution in [0.3, 0.4) is 0 Å². The Balaban J connectivity index is 0.000000335. The van der Waals surface area contributed by atoms with E-state index in [-0.39, 0.29) is 45.1 Å². The number of ether oxygens (including phenoxy) is 3. The zero-order chi connectivity index (χ0) is 43.1. The summed E-state index contributed by atoms with van der Waals surface area (Å²) >= 11 is 3.17. The van der Waals surface area contributed by atoms with Gasteiger partial charge in [0.1, 0.15) is 16.3 Å². The van der Waals surface area contributed by atoms with Gasteiger partial charge in [0.25, 0.3) is 0 Å². The number of rotatable bonds is 16. The number of phenolic OH excluding ortho intramolecular Hbond substituents is 1. The third-order valence-electron chi connectivity index (χ3n) is 8.45. The minimum absolute atomic E-state index is 0.0334. The normalized spacial score (nSPS) is 12.7. The first-order valence-electron chi connectivity index (χ1n) is 19.2. The quantitative estimate of drug-likeness (QED) is 0.0658. The largest absolute Gasteiger partial charge is 0.507 e. The van der Waals surface area contributed by atoms with E-state index >= 15 is 0 Å². The van der Waals surface area contributed by atoms with E-state index in [2.05, 4.69) is 26.2 Å². The van der Waals surface area contributed by atoms with Crippen molar-refractivity contribution in [2.45, 2.75) is 143 Å². The van der Waals surface area contributed by atoms with Crippen LogP contribution in [0, 0.1) is 0 Å². The van der Waals surface area contributed by atoms with Crippen molar-refractivity contribution in [3.05, 3.63) is 45.8 Å². The maximum atomic E-state index is 13.3. The molecule has 320 valence electrons. The van der Waals surface area contributed by atoms with E-state index in [1.165, 1.54) is 12.1 Å². The predicted molar refractivity (Wildman–Crippen MR) is 207 cm³/mol. The lowest BCUT2D eigenvalue weighted by Gasteiger charge is -2.21. The Morgan fingerprint density at radius 2 is 1.12 bits per heavy atom. The molecule has 2 atom stereocenters. The van der Waals surface area contributed by atoms with Crippen molar-refractivity contribution in [1.82, 2.24) is 10.3 Å². The Morgan fingerprint density at radius 3 is 1.56 bits per heavy atom. The van der Waals surface area contributed by atoms with Crippen molar-refractivity contribution in [2.24, 2.45) is 0 Å². The molecule has 0 bridgehead atoms. The molecule has 4 aromatic rings. The zero-order valence-electron chi connectivity index (χ0n) is 33.6. The highest BCUT2D eigenvalue weighted by molar-refractivity contribution is 9.10. The summed E-state index contributed by atoms with van der Waals surface area (Å²) in [7, 11) is 0. The van der Waals surface area contributed by atoms with Crippen LogP contribution in [0.1, 0.15) is 128 Å². The second-order valence-electron chi connectivity index (χ2n) is 12.9. The lowest BCUT2D eigenvalue weighted by molar-refractivity contribution is -0.151. The summed E-state index contributed by atoms with van der Waals surface area (Å²) in [6, 6.07) is 2.76. The molecule has 0 amide bonds. The van der Waals surface area contributed by atoms with Crippen molar-refractivity contribution >= 4 is 49.8 Å². The molecular formula is C40H53BrF6N2O8. The Labute approximate surface area is 337 Å². The third kappa shape index (κ3) is 13.0. The molecule has 1 N–H and O–H groups in total. The highest BCUT2D eigenvalue weighted by atomic mass is 79.9. The first kappa shape index (κ1) is 49.1. The fraction of sp³-hybridized carbons (Fsp3) is 0.600. The summed E-state index contributed by atoms with van der Waals surface area (Å²) in [6.07, 6.45) is -4.16. The average molecular weight is 884 g/mol. The first-order chi connectivity index (χ1) is 26.9. The molecule has 0 saturated carbocycles. The number of benzene rings is 2. The van der Waals surface area contributed by atoms with Crippen LogP contribution in [-0.2, 0) is 57.1 Å². The van der Waals surface area contributed by atoms with E-state index < -0.39 is 35.8 Å². The van der Waals surface area contributed by atoms with E-state index in [1.807, 2.05) is 34.6 Å². The number of carbonyl (C=O) groups excluding carboxylic acids is 2. The van der Waals surface area contributed by atoms with Gasteiger partial charge in [-0.25, -0.2) is 4.79 Å². The van der Waals surface area contributed by atoms with Gasteiger partial charge in [-0.15, -0.1) is 0 Å². The Bertz CT molecular complexity index is 1890. The summed E-state index contributed by atoms with van der Waals surface area (Å²) in [5.41, 5.74) is 0.0698. The second-order valence-corrected chi connectivity index (χ2v) is 14.0. The molecule has 57 heavy (non-hydrogen) atoms. The molecule has 2 aromatic carbocycles. The molecule has 0 fully saturated rings. The fourth-order valence-electron chi connectivity index (χ4n) is 5.88. The monoisotopic (exact) mass is 882 g/mol. The molecule has 2 aromatic heterocycles. The molecule has 0 aliphatic heterocycles. The molecule has 10 nitrogen and oxygen atoms in total. The van der Waals surface area contributed by atoms with Crippen molar-refractivity contribution in [3.8, 4) is 11.5 Å². The minimum atomic E-state index is -4.61. The number of nitrogens with zero attached hydrogens (tertiary/aromatic N) is 2. The second kappa shape index (κ2) is 22.8. The molecule has 17 heteroatoms. The topological polar surface area (TPSA) is 134 Å². The zero-order valence-corrected chi connectivity index (χ0v) is 35.2. The number of fused-ring (bicyclic) bond motifs is 2. The molecule has 4 rings (SSSR count). The molecule has 0 aliphatic carbocycles. The molecule has 0 radical (unpaired) electrons. The molecular weight excluding hydrogens is 830 g/mol. The van der Waals surface area contributed by atoms with Crippen molar-refractivity contribution < 1.29 is 64.3 Å². The van der Waals surface area contributed by atoms with Crippen molar-refractivity contribution in [2.75, 3.05) is 13.2 Å². The van der Waals surface area contributed by atoms with Crippen LogP contribution in [0.5, 0.6) is 11.5 Å². The number of aryl methyl sites for hydroxylation is 4. The van der Waals surface area contributed by atoms with Crippen molar-refractivity contribution in [1.29, 1.82) is 0 Å². The van der Waals surface area contributed by atoms with Gasteiger partial charge in [0, 0.05) is 11.1 Å². The standard InChI is InChI=1S/C20H26F3NO4.C14H16F3NO2.C6H11BrO2/c1-5-9-12-11-14-17(28-24-18(14)20(21,22)23)13(10-6-2)16(12)27-15(7-3)19(25)26-8-4;1-3-5-8-7-10-12(9(6-4-2)11(8)19)20-18-13(10)14(15,16)17;1-3-5(7)6(8)9-4-2/h11,15H,5-10H2,1-4H3;7,19H,3-6H2,1-2H3;5H,3-4H2,1-2H3. The number of aromatic hydroxyl groups is 1. The number of alkyl halides is 7. The third-order valence-corrected chi connectivity index (χ3v) is 9.48. The number of hydrogen-bond acceptors (Lipinski definition) is 10. The van der Waals surface area contributed by atoms with Crippen molar-refractivity contribution in [3.63, 3.8) is 0 Å². The van der Waals surface area contributed by atoms with Gasteiger partial charge in [0.2, 0.25) is 0 Å². The van der Waals surface area contributed by atoms with E-state index in [1.54, 1.807) is 20.8 Å². The smallest absolute Gasteiger partial charge is 0.437 e. The van der Waals surface area contributed by atoms with Crippen LogP contribution in [-0.4, -0.2) is 51.5 Å². The summed E-state index contributed by atoms with van der Waals surface area (Å²) in [4.78, 5) is 22.8. The first-order valence-corrected chi connectivity index (χ1v) is 20.2. The van der Waals surface area contributed by atoms with Crippen LogP contribution < -0.4 is 4.74 Å². The van der Waals surface area contributed by atoms with Gasteiger partial charge < -0.3 is 28.4 Å². The van der Waals surface area contributed by atoms with Crippen LogP contribution in [0.25, 0.3) is 21.9 Å². The lowest BCUT2D eigenvalue weighted by atomic mass is 9.97. The van der Waals surface area contributed by atoms with Gasteiger partial charge in [-0.3, -0.25) is 4.79 Å². The highest BCUT2D eigenvalue weighted by Crippen LogP contribution is 2.42. The summed E-state index contributed by atoms with van der Waals surface area (Å²) in [6.45, 7) is 15.5. The molecule has 0 aliphatic rings.